The van der Waals surface area contributed by atoms with Crippen molar-refractivity contribution in [3.8, 4) is 0 Å². The van der Waals surface area contributed by atoms with Crippen molar-refractivity contribution in [1.29, 1.82) is 0 Å². The van der Waals surface area contributed by atoms with Crippen LogP contribution in [0.3, 0.4) is 0 Å². The zero-order valence-corrected chi connectivity index (χ0v) is 10.5. The third kappa shape index (κ3) is 3.68. The maximum absolute atomic E-state index is 5.63. The first-order valence-corrected chi connectivity index (χ1v) is 5.34. The summed E-state index contributed by atoms with van der Waals surface area (Å²) in [5, 5.41) is 0. The lowest BCUT2D eigenvalue weighted by Crippen LogP contribution is -2.11. The van der Waals surface area contributed by atoms with Gasteiger partial charge in [0.05, 0.1) is 12.6 Å². The lowest BCUT2D eigenvalue weighted by atomic mass is 9.97. The number of hydrogen-bond acceptors (Lipinski definition) is 2. The molecule has 1 heterocycles. The van der Waals surface area contributed by atoms with Crippen LogP contribution >= 0.6 is 34.8 Å². The summed E-state index contributed by atoms with van der Waals surface area (Å²) in [6.45, 7) is 6.04. The first kappa shape index (κ1) is 12.2. The molecule has 80 valence electrons. The van der Waals surface area contributed by atoms with Gasteiger partial charge in [0.25, 0.3) is 0 Å². The molecule has 0 saturated heterocycles. The molecule has 1 rings (SSSR count). The molecule has 0 aliphatic carbocycles. The summed E-state index contributed by atoms with van der Waals surface area (Å²) in [6.07, 6.45) is 1.84. The molecule has 5 heteroatoms. The Morgan fingerprint density at radius 3 is 2.21 bits per heavy atom. The summed E-state index contributed by atoms with van der Waals surface area (Å²) in [6, 6.07) is 0. The van der Waals surface area contributed by atoms with Crippen molar-refractivity contribution in [3.05, 3.63) is 17.8 Å². The van der Waals surface area contributed by atoms with E-state index < -0.39 is 3.79 Å². The highest BCUT2D eigenvalue weighted by Crippen LogP contribution is 2.31. The van der Waals surface area contributed by atoms with E-state index in [0.717, 1.165) is 0 Å². The van der Waals surface area contributed by atoms with Crippen LogP contribution in [0.2, 0.25) is 0 Å². The third-order valence-corrected chi connectivity index (χ3v) is 1.97. The van der Waals surface area contributed by atoms with Crippen molar-refractivity contribution in [2.24, 2.45) is 0 Å². The lowest BCUT2D eigenvalue weighted by Gasteiger charge is -2.12. The number of hydrogen-bond donors (Lipinski definition) is 0. The number of nitrogens with zero attached hydrogens (tertiary/aromatic N) is 1. The molecule has 0 N–H and O–H groups in total. The SMILES string of the molecule is CC(C)(C)c1ncc(CC(Cl)(Cl)Cl)o1. The standard InChI is InChI=1S/C9H12Cl3NO/c1-8(2,3)7-13-5-6(14-7)4-9(10,11)12/h5H,4H2,1-3H3. The molecule has 0 saturated carbocycles. The Kier molecular flexibility index (Phi) is 3.40. The van der Waals surface area contributed by atoms with Crippen LogP contribution in [0.1, 0.15) is 32.4 Å². The van der Waals surface area contributed by atoms with E-state index in [9.17, 15) is 0 Å². The number of rotatable bonds is 1. The average Bonchev–Trinajstić information content (AvgIpc) is 2.29. The van der Waals surface area contributed by atoms with E-state index in [1.807, 2.05) is 20.8 Å². The van der Waals surface area contributed by atoms with Gasteiger partial charge in [-0.15, -0.1) is 0 Å². The Hall–Kier alpha value is 0.0800. The van der Waals surface area contributed by atoms with E-state index in [0.29, 0.717) is 11.7 Å². The smallest absolute Gasteiger partial charge is 0.199 e. The molecule has 0 aliphatic heterocycles. The molecule has 0 atom stereocenters. The fraction of sp³-hybridized carbons (Fsp3) is 0.667. The molecule has 0 fully saturated rings. The molecule has 14 heavy (non-hydrogen) atoms. The molecule has 0 radical (unpaired) electrons. The van der Waals surface area contributed by atoms with E-state index in [-0.39, 0.29) is 11.8 Å². The van der Waals surface area contributed by atoms with Gasteiger partial charge in [-0.25, -0.2) is 4.98 Å². The first-order valence-electron chi connectivity index (χ1n) is 4.20. The van der Waals surface area contributed by atoms with E-state index in [4.69, 9.17) is 39.2 Å². The van der Waals surface area contributed by atoms with Crippen LogP contribution in [0.15, 0.2) is 10.6 Å². The highest BCUT2D eigenvalue weighted by Gasteiger charge is 2.25. The monoisotopic (exact) mass is 255 g/mol. The van der Waals surface area contributed by atoms with Crippen molar-refractivity contribution in [3.63, 3.8) is 0 Å². The minimum absolute atomic E-state index is 0.119. The second-order valence-corrected chi connectivity index (χ2v) is 6.69. The van der Waals surface area contributed by atoms with Gasteiger partial charge in [0.2, 0.25) is 0 Å². The molecule has 2 nitrogen and oxygen atoms in total. The van der Waals surface area contributed by atoms with E-state index in [2.05, 4.69) is 4.98 Å². The minimum Gasteiger partial charge on any atom is -0.445 e. The van der Waals surface area contributed by atoms with Gasteiger partial charge in [-0.3, -0.25) is 0 Å². The Bertz CT molecular complexity index is 309. The highest BCUT2D eigenvalue weighted by molar-refractivity contribution is 6.67. The van der Waals surface area contributed by atoms with Gasteiger partial charge < -0.3 is 4.42 Å². The van der Waals surface area contributed by atoms with Gasteiger partial charge in [0.15, 0.2) is 9.68 Å². The van der Waals surface area contributed by atoms with E-state index in [1.54, 1.807) is 6.20 Å². The zero-order chi connectivity index (χ0) is 11.0. The van der Waals surface area contributed by atoms with Gasteiger partial charge in [-0.05, 0) is 0 Å². The molecule has 1 aromatic rings. The highest BCUT2D eigenvalue weighted by atomic mass is 35.6. The molecule has 0 aliphatic rings. The van der Waals surface area contributed by atoms with Crippen LogP contribution in [0.25, 0.3) is 0 Å². The van der Waals surface area contributed by atoms with Crippen LogP contribution in [0, 0.1) is 0 Å². The summed E-state index contributed by atoms with van der Waals surface area (Å²) < 4.78 is 4.13. The summed E-state index contributed by atoms with van der Waals surface area (Å²) in [5.41, 5.74) is -0.119. The van der Waals surface area contributed by atoms with Crippen molar-refractivity contribution in [1.82, 2.24) is 4.98 Å². The quantitative estimate of drug-likeness (QED) is 0.713. The van der Waals surface area contributed by atoms with Crippen LogP contribution in [0.4, 0.5) is 0 Å². The number of alkyl halides is 3. The summed E-state index contributed by atoms with van der Waals surface area (Å²) in [7, 11) is 0. The maximum Gasteiger partial charge on any atom is 0.199 e. The molecule has 1 aromatic heterocycles. The van der Waals surface area contributed by atoms with Crippen molar-refractivity contribution in [2.45, 2.75) is 36.4 Å². The predicted molar refractivity (Wildman–Crippen MR) is 59.2 cm³/mol. The first-order chi connectivity index (χ1) is 6.18. The second-order valence-electron chi connectivity index (χ2n) is 4.17. The fourth-order valence-electron chi connectivity index (χ4n) is 0.934. The zero-order valence-electron chi connectivity index (χ0n) is 8.27. The Morgan fingerprint density at radius 2 is 1.86 bits per heavy atom. The normalized spacial score (nSPS) is 13.3. The molecule has 0 amide bonds. The summed E-state index contributed by atoms with van der Waals surface area (Å²) in [4.78, 5) is 4.13. The molecule has 0 bridgehead atoms. The van der Waals surface area contributed by atoms with Gasteiger partial charge in [0.1, 0.15) is 5.76 Å². The predicted octanol–water partition coefficient (Wildman–Crippen LogP) is 3.88. The maximum atomic E-state index is 5.63. The number of oxazole rings is 1. The third-order valence-electron chi connectivity index (χ3n) is 1.57. The van der Waals surface area contributed by atoms with Crippen LogP contribution < -0.4 is 0 Å². The Balaban J connectivity index is 2.79. The van der Waals surface area contributed by atoms with Crippen molar-refractivity contribution < 1.29 is 4.42 Å². The average molecular weight is 257 g/mol. The molecule has 0 spiro atoms. The van der Waals surface area contributed by atoms with E-state index in [1.165, 1.54) is 0 Å². The molecular weight excluding hydrogens is 244 g/mol. The Morgan fingerprint density at radius 1 is 1.29 bits per heavy atom. The minimum atomic E-state index is -1.32. The van der Waals surface area contributed by atoms with Gasteiger partial charge in [0, 0.05) is 5.41 Å². The Labute approximate surface area is 98.5 Å². The van der Waals surface area contributed by atoms with Gasteiger partial charge >= 0.3 is 0 Å². The van der Waals surface area contributed by atoms with Crippen molar-refractivity contribution >= 4 is 34.8 Å². The second kappa shape index (κ2) is 3.92. The largest absolute Gasteiger partial charge is 0.445 e. The fourth-order valence-corrected chi connectivity index (χ4v) is 1.33. The summed E-state index contributed by atoms with van der Waals surface area (Å²) >= 11 is 16.9. The number of aromatic nitrogens is 1. The van der Waals surface area contributed by atoms with Crippen LogP contribution in [0.5, 0.6) is 0 Å². The lowest BCUT2D eigenvalue weighted by molar-refractivity contribution is 0.373. The topological polar surface area (TPSA) is 26.0 Å². The van der Waals surface area contributed by atoms with E-state index >= 15 is 0 Å². The molecule has 0 unspecified atom stereocenters. The summed E-state index contributed by atoms with van der Waals surface area (Å²) in [5.74, 6) is 1.25. The van der Waals surface area contributed by atoms with Crippen LogP contribution in [-0.4, -0.2) is 8.78 Å². The van der Waals surface area contributed by atoms with Gasteiger partial charge in [-0.2, -0.15) is 0 Å². The van der Waals surface area contributed by atoms with Crippen LogP contribution in [-0.2, 0) is 11.8 Å². The van der Waals surface area contributed by atoms with Gasteiger partial charge in [-0.1, -0.05) is 55.6 Å². The molecular formula is C9H12Cl3NO. The molecule has 0 aromatic carbocycles. The van der Waals surface area contributed by atoms with Crippen molar-refractivity contribution in [2.75, 3.05) is 0 Å². The number of halogens is 3.